The molecule has 2 N–H and O–H groups in total. The molecule has 1 fully saturated rings. The molecule has 3 nitrogen and oxygen atoms in total. The van der Waals surface area contributed by atoms with Gasteiger partial charge in [0, 0.05) is 19.7 Å². The Bertz CT molecular complexity index is 167. The van der Waals surface area contributed by atoms with E-state index in [1.54, 1.807) is 0 Å². The first kappa shape index (κ1) is 12.0. The summed E-state index contributed by atoms with van der Waals surface area (Å²) in [6, 6.07) is 0. The third-order valence-electron chi connectivity index (χ3n) is 3.03. The van der Waals surface area contributed by atoms with Gasteiger partial charge in [-0.25, -0.2) is 0 Å². The van der Waals surface area contributed by atoms with Crippen LogP contribution < -0.4 is 0 Å². The van der Waals surface area contributed by atoms with E-state index in [0.29, 0.717) is 5.92 Å². The van der Waals surface area contributed by atoms with Crippen LogP contribution in [0.4, 0.5) is 0 Å². The lowest BCUT2D eigenvalue weighted by Gasteiger charge is -2.29. The molecule has 1 aliphatic carbocycles. The van der Waals surface area contributed by atoms with E-state index in [2.05, 4.69) is 4.90 Å². The van der Waals surface area contributed by atoms with Crippen molar-refractivity contribution in [3.8, 4) is 0 Å². The minimum atomic E-state index is -0.454. The monoisotopic (exact) mass is 201 g/mol. The number of rotatable bonds is 5. The van der Waals surface area contributed by atoms with Crippen molar-refractivity contribution >= 4 is 0 Å². The summed E-state index contributed by atoms with van der Waals surface area (Å²) < 4.78 is 0. The normalized spacial score (nSPS) is 22.9. The molecule has 14 heavy (non-hydrogen) atoms. The average Bonchev–Trinajstić information content (AvgIpc) is 2.51. The first-order valence-corrected chi connectivity index (χ1v) is 5.57. The second-order valence-corrected chi connectivity index (χ2v) is 4.92. The minimum Gasteiger partial charge on any atom is -0.396 e. The first-order valence-electron chi connectivity index (χ1n) is 5.57. The summed E-state index contributed by atoms with van der Waals surface area (Å²) >= 11 is 0. The van der Waals surface area contributed by atoms with Crippen LogP contribution in [0.3, 0.4) is 0 Å². The van der Waals surface area contributed by atoms with Crippen LogP contribution >= 0.6 is 0 Å². The fourth-order valence-electron chi connectivity index (χ4n) is 2.35. The van der Waals surface area contributed by atoms with E-state index in [9.17, 15) is 5.11 Å². The zero-order chi connectivity index (χ0) is 10.6. The van der Waals surface area contributed by atoms with Crippen LogP contribution in [0.15, 0.2) is 0 Å². The Labute approximate surface area is 86.7 Å². The van der Waals surface area contributed by atoms with Crippen LogP contribution in [0, 0.1) is 5.92 Å². The van der Waals surface area contributed by atoms with Crippen molar-refractivity contribution in [3.05, 3.63) is 0 Å². The SMILES string of the molecule is CC(CO)CN(C)CC1(O)CCCC1. The van der Waals surface area contributed by atoms with Gasteiger partial charge in [-0.3, -0.25) is 0 Å². The molecule has 0 aromatic carbocycles. The molecule has 0 bridgehead atoms. The molecule has 1 aliphatic rings. The van der Waals surface area contributed by atoms with Crippen LogP contribution in [0.25, 0.3) is 0 Å². The van der Waals surface area contributed by atoms with E-state index in [1.807, 2.05) is 14.0 Å². The molecular formula is C11H23NO2. The second kappa shape index (κ2) is 5.10. The van der Waals surface area contributed by atoms with Gasteiger partial charge in [-0.1, -0.05) is 19.8 Å². The molecule has 1 atom stereocenters. The van der Waals surface area contributed by atoms with Gasteiger partial charge >= 0.3 is 0 Å². The molecule has 0 aromatic heterocycles. The highest BCUT2D eigenvalue weighted by atomic mass is 16.3. The molecule has 3 heteroatoms. The Kier molecular flexibility index (Phi) is 4.35. The molecule has 0 saturated heterocycles. The zero-order valence-corrected chi connectivity index (χ0v) is 9.37. The highest BCUT2D eigenvalue weighted by molar-refractivity contribution is 4.86. The molecule has 0 amide bonds. The molecule has 84 valence electrons. The third-order valence-corrected chi connectivity index (χ3v) is 3.03. The van der Waals surface area contributed by atoms with Crippen LogP contribution in [0.1, 0.15) is 32.6 Å². The molecule has 0 heterocycles. The van der Waals surface area contributed by atoms with Gasteiger partial charge in [-0.2, -0.15) is 0 Å². The van der Waals surface area contributed by atoms with Gasteiger partial charge in [0.1, 0.15) is 0 Å². The van der Waals surface area contributed by atoms with Crippen LogP contribution in [-0.4, -0.2) is 47.5 Å². The van der Waals surface area contributed by atoms with Crippen molar-refractivity contribution in [3.63, 3.8) is 0 Å². The summed E-state index contributed by atoms with van der Waals surface area (Å²) in [7, 11) is 2.02. The Morgan fingerprint density at radius 3 is 2.43 bits per heavy atom. The highest BCUT2D eigenvalue weighted by Crippen LogP contribution is 2.29. The van der Waals surface area contributed by atoms with Gasteiger partial charge in [-0.15, -0.1) is 0 Å². The number of hydrogen-bond acceptors (Lipinski definition) is 3. The maximum Gasteiger partial charge on any atom is 0.0774 e. The molecule has 1 rings (SSSR count). The standard InChI is InChI=1S/C11H23NO2/c1-10(8-13)7-12(2)9-11(14)5-3-4-6-11/h10,13-14H,3-9H2,1-2H3. The number of aliphatic hydroxyl groups excluding tert-OH is 1. The Balaban J connectivity index is 2.28. The fourth-order valence-corrected chi connectivity index (χ4v) is 2.35. The average molecular weight is 201 g/mol. The van der Waals surface area contributed by atoms with E-state index < -0.39 is 5.60 Å². The topological polar surface area (TPSA) is 43.7 Å². The molecular weight excluding hydrogens is 178 g/mol. The molecule has 1 unspecified atom stereocenters. The lowest BCUT2D eigenvalue weighted by Crippen LogP contribution is -2.41. The van der Waals surface area contributed by atoms with Gasteiger partial charge < -0.3 is 15.1 Å². The highest BCUT2D eigenvalue weighted by Gasteiger charge is 2.32. The lowest BCUT2D eigenvalue weighted by molar-refractivity contribution is 0.0114. The minimum absolute atomic E-state index is 0.225. The lowest BCUT2D eigenvalue weighted by atomic mass is 10.0. The van der Waals surface area contributed by atoms with Crippen molar-refractivity contribution in [1.29, 1.82) is 0 Å². The van der Waals surface area contributed by atoms with E-state index in [4.69, 9.17) is 5.11 Å². The first-order chi connectivity index (χ1) is 6.56. The van der Waals surface area contributed by atoms with E-state index >= 15 is 0 Å². The molecule has 0 radical (unpaired) electrons. The van der Waals surface area contributed by atoms with Gasteiger partial charge in [0.2, 0.25) is 0 Å². The molecule has 1 saturated carbocycles. The number of hydrogen-bond donors (Lipinski definition) is 2. The predicted octanol–water partition coefficient (Wildman–Crippen LogP) is 0.852. The van der Waals surface area contributed by atoms with Crippen molar-refractivity contribution in [1.82, 2.24) is 4.90 Å². The summed E-state index contributed by atoms with van der Waals surface area (Å²) in [6.07, 6.45) is 4.18. The van der Waals surface area contributed by atoms with Crippen LogP contribution in [0.2, 0.25) is 0 Å². The number of likely N-dealkylation sites (N-methyl/N-ethyl adjacent to an activating group) is 1. The van der Waals surface area contributed by atoms with Crippen molar-refractivity contribution in [2.45, 2.75) is 38.2 Å². The molecule has 0 aliphatic heterocycles. The third kappa shape index (κ3) is 3.56. The summed E-state index contributed by atoms with van der Waals surface area (Å²) in [5.74, 6) is 0.296. The summed E-state index contributed by atoms with van der Waals surface area (Å²) in [5.41, 5.74) is -0.454. The molecule has 0 spiro atoms. The number of nitrogens with zero attached hydrogens (tertiary/aromatic N) is 1. The van der Waals surface area contributed by atoms with Gasteiger partial charge in [-0.05, 0) is 25.8 Å². The predicted molar refractivity (Wildman–Crippen MR) is 57.2 cm³/mol. The maximum atomic E-state index is 10.1. The fraction of sp³-hybridized carbons (Fsp3) is 1.00. The summed E-state index contributed by atoms with van der Waals surface area (Å²) in [5, 5.41) is 19.1. The van der Waals surface area contributed by atoms with E-state index in [-0.39, 0.29) is 6.61 Å². The smallest absolute Gasteiger partial charge is 0.0774 e. The quantitative estimate of drug-likeness (QED) is 0.693. The Morgan fingerprint density at radius 1 is 1.36 bits per heavy atom. The van der Waals surface area contributed by atoms with E-state index in [0.717, 1.165) is 38.8 Å². The maximum absolute atomic E-state index is 10.1. The summed E-state index contributed by atoms with van der Waals surface area (Å²) in [4.78, 5) is 2.13. The van der Waals surface area contributed by atoms with Gasteiger partial charge in [0.15, 0.2) is 0 Å². The summed E-state index contributed by atoms with van der Waals surface area (Å²) in [6.45, 7) is 3.86. The van der Waals surface area contributed by atoms with E-state index in [1.165, 1.54) is 0 Å². The zero-order valence-electron chi connectivity index (χ0n) is 9.37. The largest absolute Gasteiger partial charge is 0.396 e. The van der Waals surface area contributed by atoms with Gasteiger partial charge in [0.25, 0.3) is 0 Å². The Morgan fingerprint density at radius 2 is 1.93 bits per heavy atom. The van der Waals surface area contributed by atoms with Crippen LogP contribution in [0.5, 0.6) is 0 Å². The second-order valence-electron chi connectivity index (χ2n) is 4.92. The van der Waals surface area contributed by atoms with Gasteiger partial charge in [0.05, 0.1) is 5.60 Å². The van der Waals surface area contributed by atoms with Crippen LogP contribution in [-0.2, 0) is 0 Å². The van der Waals surface area contributed by atoms with Crippen molar-refractivity contribution in [2.75, 3.05) is 26.7 Å². The Hall–Kier alpha value is -0.120. The molecule has 0 aromatic rings. The van der Waals surface area contributed by atoms with Crippen molar-refractivity contribution in [2.24, 2.45) is 5.92 Å². The van der Waals surface area contributed by atoms with Crippen molar-refractivity contribution < 1.29 is 10.2 Å². The number of aliphatic hydroxyl groups is 2.